The summed E-state index contributed by atoms with van der Waals surface area (Å²) >= 11 is 0. The molecule has 0 amide bonds. The molecule has 0 radical (unpaired) electrons. The van der Waals surface area contributed by atoms with E-state index in [1.807, 2.05) is 12.1 Å². The van der Waals surface area contributed by atoms with Gasteiger partial charge in [-0.2, -0.15) is 0 Å². The number of benzene rings is 2. The van der Waals surface area contributed by atoms with Crippen molar-refractivity contribution >= 4 is 9.84 Å². The Balaban J connectivity index is 1.48. The van der Waals surface area contributed by atoms with Crippen LogP contribution in [0.5, 0.6) is 0 Å². The maximum atomic E-state index is 13.6. The van der Waals surface area contributed by atoms with E-state index in [0.29, 0.717) is 13.0 Å². The molecule has 1 aliphatic carbocycles. The van der Waals surface area contributed by atoms with Gasteiger partial charge in [-0.25, -0.2) is 17.8 Å². The highest BCUT2D eigenvalue weighted by Gasteiger charge is 2.27. The summed E-state index contributed by atoms with van der Waals surface area (Å²) in [6.07, 6.45) is 5.45. The zero-order valence-corrected chi connectivity index (χ0v) is 18.3. The predicted molar refractivity (Wildman–Crippen MR) is 118 cm³/mol. The van der Waals surface area contributed by atoms with Crippen molar-refractivity contribution in [2.75, 3.05) is 5.88 Å². The fourth-order valence-corrected chi connectivity index (χ4v) is 5.27. The molecule has 0 aliphatic heterocycles. The number of aromatic nitrogens is 2. The van der Waals surface area contributed by atoms with Gasteiger partial charge in [-0.15, -0.1) is 0 Å². The molecule has 0 saturated carbocycles. The minimum absolute atomic E-state index is 0.00325. The second-order valence-corrected chi connectivity index (χ2v) is 10.2. The number of hydrogen-bond donors (Lipinski definition) is 2. The van der Waals surface area contributed by atoms with Crippen LogP contribution < -0.4 is 11.1 Å². The molecule has 0 spiro atoms. The van der Waals surface area contributed by atoms with E-state index in [1.54, 1.807) is 23.7 Å². The van der Waals surface area contributed by atoms with Gasteiger partial charge < -0.3 is 10.3 Å². The Morgan fingerprint density at radius 3 is 2.81 bits per heavy atom. The molecule has 1 heterocycles. The Hall–Kier alpha value is -2.55. The van der Waals surface area contributed by atoms with Gasteiger partial charge in [-0.3, -0.25) is 5.32 Å². The molecule has 8 heteroatoms. The molecule has 4 rings (SSSR count). The molecule has 31 heavy (non-hydrogen) atoms. The van der Waals surface area contributed by atoms with Crippen LogP contribution in [0.15, 0.2) is 60.0 Å². The number of fused-ring (bicyclic) bond motifs is 1. The van der Waals surface area contributed by atoms with Crippen molar-refractivity contribution in [1.82, 2.24) is 14.9 Å². The quantitative estimate of drug-likeness (QED) is 0.587. The number of sulfone groups is 1. The fraction of sp³-hybridized carbons (Fsp3) is 0.348. The van der Waals surface area contributed by atoms with E-state index in [9.17, 15) is 12.8 Å². The summed E-state index contributed by atoms with van der Waals surface area (Å²) < 4.78 is 40.1. The second-order valence-electron chi connectivity index (χ2n) is 8.24. The predicted octanol–water partition coefficient (Wildman–Crippen LogP) is 2.68. The molecule has 0 fully saturated rings. The number of imidazole rings is 1. The molecule has 164 valence electrons. The highest BCUT2D eigenvalue weighted by molar-refractivity contribution is 7.91. The van der Waals surface area contributed by atoms with Gasteiger partial charge in [0.05, 0.1) is 6.33 Å². The Morgan fingerprint density at radius 2 is 2.06 bits per heavy atom. The van der Waals surface area contributed by atoms with Crippen molar-refractivity contribution in [3.63, 3.8) is 0 Å². The van der Waals surface area contributed by atoms with Crippen LogP contribution in [0.4, 0.5) is 4.39 Å². The van der Waals surface area contributed by atoms with Gasteiger partial charge in [0, 0.05) is 31.7 Å². The van der Waals surface area contributed by atoms with Gasteiger partial charge in [-0.1, -0.05) is 30.3 Å². The van der Waals surface area contributed by atoms with Crippen molar-refractivity contribution in [3.05, 3.63) is 83.1 Å². The summed E-state index contributed by atoms with van der Waals surface area (Å²) in [6, 6.07) is 12.9. The number of rotatable bonds is 7. The first-order valence-corrected chi connectivity index (χ1v) is 12.0. The third kappa shape index (κ3) is 5.03. The second kappa shape index (κ2) is 8.90. The SMILES string of the molecule is Cn1cnc(S(=O)(=O)CNCc2ccc3c(c2)C(Cc2cccc(F)c2)C(N)CC3)c1. The molecule has 6 nitrogen and oxygen atoms in total. The van der Waals surface area contributed by atoms with Gasteiger partial charge in [0.15, 0.2) is 5.03 Å². The van der Waals surface area contributed by atoms with E-state index in [0.717, 1.165) is 24.0 Å². The van der Waals surface area contributed by atoms with Gasteiger partial charge in [0.25, 0.3) is 0 Å². The van der Waals surface area contributed by atoms with E-state index >= 15 is 0 Å². The summed E-state index contributed by atoms with van der Waals surface area (Å²) in [5.41, 5.74) is 10.8. The van der Waals surface area contributed by atoms with Crippen LogP contribution in [-0.4, -0.2) is 29.9 Å². The van der Waals surface area contributed by atoms with Crippen molar-refractivity contribution in [2.24, 2.45) is 12.8 Å². The van der Waals surface area contributed by atoms with Crippen LogP contribution in [0, 0.1) is 5.82 Å². The summed E-state index contributed by atoms with van der Waals surface area (Å²) in [7, 11) is -1.76. The van der Waals surface area contributed by atoms with Crippen LogP contribution in [-0.2, 0) is 36.3 Å². The maximum Gasteiger partial charge on any atom is 0.210 e. The summed E-state index contributed by atoms with van der Waals surface area (Å²) in [5, 5.41) is 3.09. The molecule has 1 aromatic heterocycles. The van der Waals surface area contributed by atoms with E-state index in [1.165, 1.54) is 29.7 Å². The molecule has 3 aromatic rings. The first-order valence-electron chi connectivity index (χ1n) is 10.3. The van der Waals surface area contributed by atoms with Crippen molar-refractivity contribution in [1.29, 1.82) is 0 Å². The van der Waals surface area contributed by atoms with E-state index in [2.05, 4.69) is 22.4 Å². The smallest absolute Gasteiger partial charge is 0.210 e. The Labute approximate surface area is 182 Å². The van der Waals surface area contributed by atoms with Crippen molar-refractivity contribution in [3.8, 4) is 0 Å². The lowest BCUT2D eigenvalue weighted by Gasteiger charge is -2.32. The number of nitrogens with two attached hydrogens (primary N) is 1. The number of nitrogens with one attached hydrogen (secondary N) is 1. The average molecular weight is 443 g/mol. The molecular formula is C23H27FN4O2S. The first kappa shape index (κ1) is 21.7. The van der Waals surface area contributed by atoms with E-state index in [-0.39, 0.29) is 28.7 Å². The van der Waals surface area contributed by atoms with Crippen LogP contribution in [0.2, 0.25) is 0 Å². The number of hydrogen-bond acceptors (Lipinski definition) is 5. The lowest BCUT2D eigenvalue weighted by Crippen LogP contribution is -2.34. The fourth-order valence-electron chi connectivity index (χ4n) is 4.21. The zero-order chi connectivity index (χ0) is 22.0. The number of halogens is 1. The number of aryl methyl sites for hydroxylation is 2. The molecule has 1 aliphatic rings. The molecule has 3 N–H and O–H groups in total. The minimum atomic E-state index is -3.49. The maximum absolute atomic E-state index is 13.6. The Morgan fingerprint density at radius 1 is 1.23 bits per heavy atom. The topological polar surface area (TPSA) is 90.0 Å². The Bertz CT molecular complexity index is 1180. The first-order chi connectivity index (χ1) is 14.8. The third-order valence-electron chi connectivity index (χ3n) is 5.84. The molecule has 0 bridgehead atoms. The third-order valence-corrected chi connectivity index (χ3v) is 7.27. The monoisotopic (exact) mass is 442 g/mol. The number of nitrogens with zero attached hydrogens (tertiary/aromatic N) is 2. The molecule has 0 saturated heterocycles. The minimum Gasteiger partial charge on any atom is -0.339 e. The summed E-state index contributed by atoms with van der Waals surface area (Å²) in [4.78, 5) is 3.93. The molecule has 2 aromatic carbocycles. The van der Waals surface area contributed by atoms with Gasteiger partial charge in [-0.05, 0) is 53.6 Å². The zero-order valence-electron chi connectivity index (χ0n) is 17.5. The summed E-state index contributed by atoms with van der Waals surface area (Å²) in [6.45, 7) is 0.418. The van der Waals surface area contributed by atoms with Crippen LogP contribution >= 0.6 is 0 Å². The molecule has 2 atom stereocenters. The van der Waals surface area contributed by atoms with E-state index < -0.39 is 9.84 Å². The summed E-state index contributed by atoms with van der Waals surface area (Å²) in [5.74, 6) is -0.329. The van der Waals surface area contributed by atoms with Crippen LogP contribution in [0.25, 0.3) is 0 Å². The molecular weight excluding hydrogens is 415 g/mol. The van der Waals surface area contributed by atoms with Crippen molar-refractivity contribution < 1.29 is 12.8 Å². The average Bonchev–Trinajstić information content (AvgIpc) is 3.18. The van der Waals surface area contributed by atoms with Gasteiger partial charge in [0.1, 0.15) is 11.7 Å². The van der Waals surface area contributed by atoms with Gasteiger partial charge >= 0.3 is 0 Å². The highest BCUT2D eigenvalue weighted by Crippen LogP contribution is 2.34. The Kier molecular flexibility index (Phi) is 6.22. The highest BCUT2D eigenvalue weighted by atomic mass is 32.2. The largest absolute Gasteiger partial charge is 0.339 e. The van der Waals surface area contributed by atoms with Crippen molar-refractivity contribution in [2.45, 2.75) is 42.8 Å². The van der Waals surface area contributed by atoms with Crippen LogP contribution in [0.3, 0.4) is 0 Å². The van der Waals surface area contributed by atoms with Gasteiger partial charge in [0.2, 0.25) is 9.84 Å². The van der Waals surface area contributed by atoms with Crippen LogP contribution in [0.1, 0.15) is 34.6 Å². The van der Waals surface area contributed by atoms with E-state index in [4.69, 9.17) is 5.73 Å². The lowest BCUT2D eigenvalue weighted by atomic mass is 9.76. The molecule has 2 unspecified atom stereocenters. The lowest BCUT2D eigenvalue weighted by molar-refractivity contribution is 0.466. The standard InChI is InChI=1S/C23H27FN4O2S/c1-28-13-23(27-14-28)31(29,30)15-26-12-17-5-6-18-7-8-22(25)21(20(18)11-17)10-16-3-2-4-19(24)9-16/h2-6,9,11,13-14,21-22,26H,7-8,10,12,15,25H2,1H3. The normalized spacial score (nSPS) is 18.7.